The van der Waals surface area contributed by atoms with Gasteiger partial charge in [0.2, 0.25) is 0 Å². The van der Waals surface area contributed by atoms with E-state index >= 15 is 0 Å². The van der Waals surface area contributed by atoms with Crippen molar-refractivity contribution in [2.75, 3.05) is 20.3 Å². The molecule has 0 saturated heterocycles. The highest BCUT2D eigenvalue weighted by Crippen LogP contribution is 2.33. The van der Waals surface area contributed by atoms with Gasteiger partial charge in [-0.15, -0.1) is 0 Å². The highest BCUT2D eigenvalue weighted by molar-refractivity contribution is 5.84. The molecule has 19 heavy (non-hydrogen) atoms. The first-order valence-corrected chi connectivity index (χ1v) is 6.50. The van der Waals surface area contributed by atoms with Gasteiger partial charge in [0.05, 0.1) is 7.11 Å². The maximum atomic E-state index is 5.64. The lowest BCUT2D eigenvalue weighted by atomic mass is 10.1. The minimum absolute atomic E-state index is 0.372. The van der Waals surface area contributed by atoms with Gasteiger partial charge in [-0.3, -0.25) is 0 Å². The van der Waals surface area contributed by atoms with Crippen molar-refractivity contribution >= 4 is 11.0 Å². The summed E-state index contributed by atoms with van der Waals surface area (Å²) in [5.41, 5.74) is 1.70. The second kappa shape index (κ2) is 6.08. The van der Waals surface area contributed by atoms with Crippen molar-refractivity contribution in [3.63, 3.8) is 0 Å². The number of hydrogen-bond donors (Lipinski definition) is 0. The third-order valence-corrected chi connectivity index (χ3v) is 2.86. The van der Waals surface area contributed by atoms with Crippen molar-refractivity contribution in [2.45, 2.75) is 27.1 Å². The van der Waals surface area contributed by atoms with Crippen molar-refractivity contribution in [2.24, 2.45) is 0 Å². The van der Waals surface area contributed by atoms with E-state index in [4.69, 9.17) is 18.6 Å². The Labute approximate surface area is 113 Å². The fraction of sp³-hybridized carbons (Fsp3) is 0.467. The zero-order valence-corrected chi connectivity index (χ0v) is 11.9. The van der Waals surface area contributed by atoms with Gasteiger partial charge in [0.15, 0.2) is 17.6 Å². The number of benzene rings is 1. The van der Waals surface area contributed by atoms with Crippen molar-refractivity contribution in [3.8, 4) is 5.75 Å². The number of methoxy groups -OCH3 is 1. The number of rotatable bonds is 6. The lowest BCUT2D eigenvalue weighted by Crippen LogP contribution is -2.09. The van der Waals surface area contributed by atoms with Gasteiger partial charge in [0.25, 0.3) is 0 Å². The summed E-state index contributed by atoms with van der Waals surface area (Å²) < 4.78 is 22.3. The lowest BCUT2D eigenvalue weighted by Gasteiger charge is -2.18. The highest BCUT2D eigenvalue weighted by Gasteiger charge is 2.16. The Kier molecular flexibility index (Phi) is 4.45. The van der Waals surface area contributed by atoms with Crippen molar-refractivity contribution < 1.29 is 18.6 Å². The Morgan fingerprint density at radius 3 is 2.37 bits per heavy atom. The molecule has 0 fully saturated rings. The molecular weight excluding hydrogens is 244 g/mol. The van der Waals surface area contributed by atoms with E-state index < -0.39 is 0 Å². The Morgan fingerprint density at radius 1 is 1.11 bits per heavy atom. The zero-order valence-electron chi connectivity index (χ0n) is 11.9. The first-order valence-electron chi connectivity index (χ1n) is 6.50. The summed E-state index contributed by atoms with van der Waals surface area (Å²) in [5.74, 6) is 1.56. The van der Waals surface area contributed by atoms with Crippen LogP contribution < -0.4 is 4.74 Å². The molecule has 0 saturated carbocycles. The van der Waals surface area contributed by atoms with Gasteiger partial charge in [0, 0.05) is 24.2 Å². The van der Waals surface area contributed by atoms with Gasteiger partial charge in [-0.25, -0.2) is 0 Å². The maximum Gasteiger partial charge on any atom is 0.183 e. The van der Waals surface area contributed by atoms with Gasteiger partial charge in [-0.1, -0.05) is 0 Å². The molecule has 0 bridgehead atoms. The molecule has 104 valence electrons. The standard InChI is InChI=1S/C15H20O4/c1-5-17-15(18-6-2)12-8-11-7-10(3)19-14(11)13(9-12)16-4/h7-9,15H,5-6H2,1-4H3. The lowest BCUT2D eigenvalue weighted by molar-refractivity contribution is -0.140. The predicted molar refractivity (Wildman–Crippen MR) is 73.5 cm³/mol. The molecule has 0 N–H and O–H groups in total. The predicted octanol–water partition coefficient (Wildman–Crippen LogP) is 3.82. The molecule has 0 unspecified atom stereocenters. The third kappa shape index (κ3) is 2.91. The van der Waals surface area contributed by atoms with Crippen molar-refractivity contribution in [3.05, 3.63) is 29.5 Å². The van der Waals surface area contributed by atoms with E-state index in [1.54, 1.807) is 7.11 Å². The van der Waals surface area contributed by atoms with Crippen LogP contribution in [-0.4, -0.2) is 20.3 Å². The van der Waals surface area contributed by atoms with Crippen LogP contribution in [0.1, 0.15) is 31.5 Å². The third-order valence-electron chi connectivity index (χ3n) is 2.86. The molecule has 1 heterocycles. The zero-order chi connectivity index (χ0) is 13.8. The molecular formula is C15H20O4. The van der Waals surface area contributed by atoms with Gasteiger partial charge < -0.3 is 18.6 Å². The topological polar surface area (TPSA) is 40.8 Å². The maximum absolute atomic E-state index is 5.64. The SMILES string of the molecule is CCOC(OCC)c1cc(OC)c2oc(C)cc2c1. The first kappa shape index (κ1) is 13.9. The molecule has 0 spiro atoms. The second-order valence-electron chi connectivity index (χ2n) is 4.24. The number of ether oxygens (including phenoxy) is 3. The van der Waals surface area contributed by atoms with Crippen LogP contribution in [0.3, 0.4) is 0 Å². The number of aryl methyl sites for hydroxylation is 1. The molecule has 2 rings (SSSR count). The highest BCUT2D eigenvalue weighted by atomic mass is 16.7. The van der Waals surface area contributed by atoms with E-state index in [0.717, 1.165) is 22.3 Å². The van der Waals surface area contributed by atoms with E-state index in [1.165, 1.54) is 0 Å². The fourth-order valence-corrected chi connectivity index (χ4v) is 2.10. The van der Waals surface area contributed by atoms with E-state index in [-0.39, 0.29) is 6.29 Å². The molecule has 4 heteroatoms. The smallest absolute Gasteiger partial charge is 0.183 e. The quantitative estimate of drug-likeness (QED) is 0.744. The molecule has 0 aliphatic heterocycles. The van der Waals surface area contributed by atoms with Crippen LogP contribution in [0.25, 0.3) is 11.0 Å². The molecule has 0 aliphatic carbocycles. The normalized spacial score (nSPS) is 11.4. The van der Waals surface area contributed by atoms with Crippen LogP contribution >= 0.6 is 0 Å². The van der Waals surface area contributed by atoms with Gasteiger partial charge >= 0.3 is 0 Å². The Morgan fingerprint density at radius 2 is 1.79 bits per heavy atom. The molecule has 1 aromatic carbocycles. The van der Waals surface area contributed by atoms with Crippen molar-refractivity contribution in [1.29, 1.82) is 0 Å². The van der Waals surface area contributed by atoms with E-state index in [9.17, 15) is 0 Å². The van der Waals surface area contributed by atoms with Gasteiger partial charge in [-0.2, -0.15) is 0 Å². The first-order chi connectivity index (χ1) is 9.19. The van der Waals surface area contributed by atoms with Crippen LogP contribution in [0, 0.1) is 6.92 Å². The Hall–Kier alpha value is -1.52. The van der Waals surface area contributed by atoms with Crippen LogP contribution in [0.15, 0.2) is 22.6 Å². The second-order valence-corrected chi connectivity index (χ2v) is 4.24. The van der Waals surface area contributed by atoms with Crippen LogP contribution in [0.2, 0.25) is 0 Å². The van der Waals surface area contributed by atoms with E-state index in [0.29, 0.717) is 19.0 Å². The number of furan rings is 1. The molecule has 0 amide bonds. The largest absolute Gasteiger partial charge is 0.493 e. The number of hydrogen-bond acceptors (Lipinski definition) is 4. The minimum atomic E-state index is -0.372. The van der Waals surface area contributed by atoms with Crippen LogP contribution in [-0.2, 0) is 9.47 Å². The molecule has 0 radical (unpaired) electrons. The van der Waals surface area contributed by atoms with E-state index in [1.807, 2.05) is 39.0 Å². The molecule has 4 nitrogen and oxygen atoms in total. The fourth-order valence-electron chi connectivity index (χ4n) is 2.10. The summed E-state index contributed by atoms with van der Waals surface area (Å²) in [6.07, 6.45) is -0.372. The van der Waals surface area contributed by atoms with Crippen molar-refractivity contribution in [1.82, 2.24) is 0 Å². The molecule has 0 atom stereocenters. The average Bonchev–Trinajstić information content (AvgIpc) is 2.77. The summed E-state index contributed by atoms with van der Waals surface area (Å²) in [7, 11) is 1.63. The molecule has 2 aromatic rings. The summed E-state index contributed by atoms with van der Waals surface area (Å²) >= 11 is 0. The van der Waals surface area contributed by atoms with Gasteiger partial charge in [0.1, 0.15) is 5.76 Å². The summed E-state index contributed by atoms with van der Waals surface area (Å²) in [4.78, 5) is 0. The minimum Gasteiger partial charge on any atom is -0.493 e. The van der Waals surface area contributed by atoms with Crippen LogP contribution in [0.5, 0.6) is 5.75 Å². The van der Waals surface area contributed by atoms with Gasteiger partial charge in [-0.05, 0) is 39.0 Å². The molecule has 0 aliphatic rings. The summed E-state index contributed by atoms with van der Waals surface area (Å²) in [5, 5.41) is 0.997. The average molecular weight is 264 g/mol. The van der Waals surface area contributed by atoms with E-state index in [2.05, 4.69) is 0 Å². The molecule has 1 aromatic heterocycles. The Bertz CT molecular complexity index is 538. The monoisotopic (exact) mass is 264 g/mol. The Balaban J connectivity index is 2.47. The summed E-state index contributed by atoms with van der Waals surface area (Å²) in [6.45, 7) is 7.00. The van der Waals surface area contributed by atoms with Crippen LogP contribution in [0.4, 0.5) is 0 Å². The number of fused-ring (bicyclic) bond motifs is 1. The summed E-state index contributed by atoms with van der Waals surface area (Å²) in [6, 6.07) is 5.90.